The summed E-state index contributed by atoms with van der Waals surface area (Å²) in [5.74, 6) is -0.425. The molecule has 0 saturated carbocycles. The maximum atomic E-state index is 11.5. The number of carbonyl (C=O) groups excluding carboxylic acids is 1. The van der Waals surface area contributed by atoms with Gasteiger partial charge in [0.1, 0.15) is 12.7 Å². The summed E-state index contributed by atoms with van der Waals surface area (Å²) in [6.45, 7) is 1.30. The molecule has 172 valence electrons. The third-order valence-corrected chi connectivity index (χ3v) is 4.69. The van der Waals surface area contributed by atoms with Gasteiger partial charge in [-0.05, 0) is 38.5 Å². The largest absolute Gasteiger partial charge is 1.00 e. The maximum Gasteiger partial charge on any atom is 1.00 e. The summed E-state index contributed by atoms with van der Waals surface area (Å²) < 4.78 is 19.5. The minimum absolute atomic E-state index is 0. The number of hydrogen-bond donors (Lipinski definition) is 3. The van der Waals surface area contributed by atoms with Gasteiger partial charge in [-0.25, -0.2) is 4.57 Å². The van der Waals surface area contributed by atoms with Crippen molar-refractivity contribution in [1.29, 1.82) is 0 Å². The average Bonchev–Trinajstić information content (AvgIpc) is 2.67. The minimum atomic E-state index is -4.62. The number of aliphatic hydroxyl groups is 1. The summed E-state index contributed by atoms with van der Waals surface area (Å²) in [6.07, 6.45) is 20.1. The van der Waals surface area contributed by atoms with Crippen molar-refractivity contribution < 1.29 is 64.5 Å². The number of phosphoric acid groups is 1. The summed E-state index contributed by atoms with van der Waals surface area (Å²) in [7, 11) is -4.62. The Labute approximate surface area is 205 Å². The molecular weight excluding hydrogens is 418 g/mol. The van der Waals surface area contributed by atoms with E-state index < -0.39 is 26.5 Å². The van der Waals surface area contributed by atoms with E-state index in [4.69, 9.17) is 14.5 Å². The monoisotopic (exact) mass is 458 g/mol. The Morgan fingerprint density at radius 1 is 0.933 bits per heavy atom. The van der Waals surface area contributed by atoms with Crippen molar-refractivity contribution in [1.82, 2.24) is 0 Å². The molecule has 0 aliphatic heterocycles. The van der Waals surface area contributed by atoms with Crippen LogP contribution < -0.4 is 29.6 Å². The molecular formula is C21H40NaO7P. The van der Waals surface area contributed by atoms with E-state index in [1.807, 2.05) is 0 Å². The van der Waals surface area contributed by atoms with E-state index in [1.54, 1.807) is 0 Å². The van der Waals surface area contributed by atoms with Crippen LogP contribution in [0.4, 0.5) is 0 Å². The van der Waals surface area contributed by atoms with Crippen molar-refractivity contribution in [2.75, 3.05) is 13.2 Å². The van der Waals surface area contributed by atoms with Crippen LogP contribution in [0.1, 0.15) is 85.4 Å². The van der Waals surface area contributed by atoms with Gasteiger partial charge < -0.3 is 21.1 Å². The second-order valence-electron chi connectivity index (χ2n) is 7.10. The minimum Gasteiger partial charge on any atom is -1.00 e. The van der Waals surface area contributed by atoms with Crippen LogP contribution in [0.25, 0.3) is 0 Å². The summed E-state index contributed by atoms with van der Waals surface area (Å²) in [4.78, 5) is 28.6. The molecule has 0 spiro atoms. The molecule has 0 bridgehead atoms. The van der Waals surface area contributed by atoms with Crippen LogP contribution in [0.15, 0.2) is 24.3 Å². The van der Waals surface area contributed by atoms with Crippen LogP contribution in [0.3, 0.4) is 0 Å². The number of aliphatic hydroxyl groups excluding tert-OH is 1. The summed E-state index contributed by atoms with van der Waals surface area (Å²) >= 11 is 0. The van der Waals surface area contributed by atoms with Gasteiger partial charge in [0.25, 0.3) is 0 Å². The van der Waals surface area contributed by atoms with Crippen molar-refractivity contribution in [3.8, 4) is 0 Å². The van der Waals surface area contributed by atoms with Crippen molar-refractivity contribution >= 4 is 13.8 Å². The molecule has 30 heavy (non-hydrogen) atoms. The standard InChI is InChI=1S/C21H39O7P.Na.H/c1-2-3-4-5-6-7-8-9-10-11-12-13-14-15-16-17-21(23)27-18-20(22)19-28-29(24,25)26;;/h6-7,9-10,20,22H,2-5,8,11-19H2,1H3,(H2,24,25,26);;/q;+1;-1/b7-6-,10-9-;;/t20-;;/m1../s1. The first-order chi connectivity index (χ1) is 13.8. The van der Waals surface area contributed by atoms with Crippen LogP contribution in [-0.2, 0) is 18.6 Å². The fourth-order valence-corrected chi connectivity index (χ4v) is 2.94. The van der Waals surface area contributed by atoms with Gasteiger partial charge in [0.2, 0.25) is 0 Å². The molecule has 0 aliphatic carbocycles. The topological polar surface area (TPSA) is 113 Å². The zero-order valence-electron chi connectivity index (χ0n) is 19.7. The number of esters is 1. The summed E-state index contributed by atoms with van der Waals surface area (Å²) in [5, 5.41) is 9.41. The first-order valence-electron chi connectivity index (χ1n) is 10.7. The predicted octanol–water partition coefficient (Wildman–Crippen LogP) is 1.93. The number of unbranched alkanes of at least 4 members (excludes halogenated alkanes) is 8. The molecule has 9 heteroatoms. The van der Waals surface area contributed by atoms with E-state index in [-0.39, 0.29) is 44.0 Å². The Balaban J connectivity index is -0.00000392. The maximum absolute atomic E-state index is 11.5. The molecule has 0 rings (SSSR count). The fraction of sp³-hybridized carbons (Fsp3) is 0.762. The summed E-state index contributed by atoms with van der Waals surface area (Å²) in [5.41, 5.74) is 0. The normalized spacial score (nSPS) is 12.9. The van der Waals surface area contributed by atoms with E-state index in [0.29, 0.717) is 0 Å². The first-order valence-corrected chi connectivity index (χ1v) is 12.2. The number of carbonyl (C=O) groups is 1. The van der Waals surface area contributed by atoms with Gasteiger partial charge in [0.05, 0.1) is 6.61 Å². The quantitative estimate of drug-likeness (QED) is 0.0891. The summed E-state index contributed by atoms with van der Waals surface area (Å²) in [6, 6.07) is 0. The van der Waals surface area contributed by atoms with Gasteiger partial charge in [0, 0.05) is 6.42 Å². The van der Waals surface area contributed by atoms with Crippen molar-refractivity contribution in [2.24, 2.45) is 0 Å². The molecule has 0 aromatic heterocycles. The number of allylic oxidation sites excluding steroid dienone is 4. The molecule has 0 radical (unpaired) electrons. The third-order valence-electron chi connectivity index (χ3n) is 4.20. The number of phosphoric ester groups is 1. The van der Waals surface area contributed by atoms with Crippen molar-refractivity contribution in [2.45, 2.75) is 90.1 Å². The Morgan fingerprint density at radius 3 is 2.10 bits per heavy atom. The van der Waals surface area contributed by atoms with Gasteiger partial charge in [0.15, 0.2) is 0 Å². The molecule has 0 heterocycles. The zero-order valence-corrected chi connectivity index (χ0v) is 21.6. The Kier molecular flexibility index (Phi) is 23.9. The molecule has 0 amide bonds. The van der Waals surface area contributed by atoms with Crippen LogP contribution >= 0.6 is 7.82 Å². The van der Waals surface area contributed by atoms with E-state index >= 15 is 0 Å². The molecule has 0 aromatic rings. The van der Waals surface area contributed by atoms with Crippen molar-refractivity contribution in [3.63, 3.8) is 0 Å². The first kappa shape index (κ1) is 32.2. The molecule has 0 saturated heterocycles. The molecule has 0 fully saturated rings. The van der Waals surface area contributed by atoms with Gasteiger partial charge in [-0.3, -0.25) is 9.32 Å². The van der Waals surface area contributed by atoms with Gasteiger partial charge in [-0.2, -0.15) is 0 Å². The second kappa shape index (κ2) is 22.2. The average molecular weight is 459 g/mol. The Bertz CT molecular complexity index is 512. The van der Waals surface area contributed by atoms with E-state index in [9.17, 15) is 14.5 Å². The smallest absolute Gasteiger partial charge is 1.00 e. The number of rotatable bonds is 19. The Hall–Kier alpha value is 0.0200. The van der Waals surface area contributed by atoms with Crippen LogP contribution in [0, 0.1) is 0 Å². The number of hydrogen-bond acceptors (Lipinski definition) is 5. The third kappa shape index (κ3) is 26.1. The molecule has 7 nitrogen and oxygen atoms in total. The fourth-order valence-electron chi connectivity index (χ4n) is 2.57. The van der Waals surface area contributed by atoms with Crippen LogP contribution in [0.5, 0.6) is 0 Å². The zero-order chi connectivity index (χ0) is 21.8. The molecule has 0 unspecified atom stereocenters. The SMILES string of the molecule is CCCCC/C=C\C/C=C\CCCCCCCC(=O)OC[C@@H](O)COP(=O)(O)O.[H-].[Na+]. The van der Waals surface area contributed by atoms with Crippen LogP contribution in [0.2, 0.25) is 0 Å². The predicted molar refractivity (Wildman–Crippen MR) is 115 cm³/mol. The van der Waals surface area contributed by atoms with Gasteiger partial charge in [-0.15, -0.1) is 0 Å². The van der Waals surface area contributed by atoms with Gasteiger partial charge >= 0.3 is 43.3 Å². The molecule has 0 aliphatic rings. The second-order valence-corrected chi connectivity index (χ2v) is 8.34. The van der Waals surface area contributed by atoms with Crippen LogP contribution in [-0.4, -0.2) is 40.2 Å². The number of ether oxygens (including phenoxy) is 1. The molecule has 1 atom stereocenters. The molecule has 0 aromatic carbocycles. The van der Waals surface area contributed by atoms with Crippen molar-refractivity contribution in [3.05, 3.63) is 24.3 Å². The molecule has 3 N–H and O–H groups in total. The Morgan fingerprint density at radius 2 is 1.50 bits per heavy atom. The van der Waals surface area contributed by atoms with E-state index in [0.717, 1.165) is 44.9 Å². The van der Waals surface area contributed by atoms with E-state index in [2.05, 4.69) is 35.8 Å². The van der Waals surface area contributed by atoms with E-state index in [1.165, 1.54) is 25.7 Å². The van der Waals surface area contributed by atoms with Gasteiger partial charge in [-0.1, -0.05) is 63.3 Å².